The molecule has 142 valence electrons. The molecular weight excluding hydrogens is 355 g/mol. The second-order valence-electron chi connectivity index (χ2n) is 6.73. The van der Waals surface area contributed by atoms with Crippen molar-refractivity contribution in [1.29, 1.82) is 0 Å². The summed E-state index contributed by atoms with van der Waals surface area (Å²) < 4.78 is 13.7. The number of hydrogen-bond donors (Lipinski definition) is 2. The van der Waals surface area contributed by atoms with Gasteiger partial charge in [-0.15, -0.1) is 0 Å². The number of aromatic nitrogens is 1. The van der Waals surface area contributed by atoms with Gasteiger partial charge in [0.05, 0.1) is 17.6 Å². The number of benzene rings is 2. The van der Waals surface area contributed by atoms with E-state index in [1.54, 1.807) is 30.5 Å². The van der Waals surface area contributed by atoms with Gasteiger partial charge < -0.3 is 15.5 Å². The van der Waals surface area contributed by atoms with Gasteiger partial charge in [0.1, 0.15) is 11.5 Å². The summed E-state index contributed by atoms with van der Waals surface area (Å²) in [5, 5.41) is 5.80. The molecule has 1 saturated heterocycles. The first-order valence-corrected chi connectivity index (χ1v) is 9.33. The van der Waals surface area contributed by atoms with Crippen LogP contribution in [0.15, 0.2) is 66.9 Å². The molecule has 2 heterocycles. The Morgan fingerprint density at radius 3 is 2.32 bits per heavy atom. The second-order valence-corrected chi connectivity index (χ2v) is 6.73. The van der Waals surface area contributed by atoms with Crippen molar-refractivity contribution in [2.75, 3.05) is 28.6 Å². The van der Waals surface area contributed by atoms with Crippen LogP contribution >= 0.6 is 0 Å². The number of amides is 1. The number of anilines is 4. The SMILES string of the molecule is O=C(Nc1ccccc1F)c1ccc(Nc2ccc(N3CCCC3)cc2)cn1. The zero-order valence-electron chi connectivity index (χ0n) is 15.4. The Bertz CT molecular complexity index is 951. The van der Waals surface area contributed by atoms with E-state index in [4.69, 9.17) is 0 Å². The van der Waals surface area contributed by atoms with E-state index in [9.17, 15) is 9.18 Å². The van der Waals surface area contributed by atoms with Gasteiger partial charge in [0.15, 0.2) is 0 Å². The summed E-state index contributed by atoms with van der Waals surface area (Å²) in [4.78, 5) is 18.8. The molecule has 0 spiro atoms. The highest BCUT2D eigenvalue weighted by Gasteiger charge is 2.12. The van der Waals surface area contributed by atoms with E-state index < -0.39 is 11.7 Å². The summed E-state index contributed by atoms with van der Waals surface area (Å²) in [6.45, 7) is 2.24. The van der Waals surface area contributed by atoms with E-state index in [-0.39, 0.29) is 11.4 Å². The first-order valence-electron chi connectivity index (χ1n) is 9.33. The molecule has 0 saturated carbocycles. The molecule has 0 radical (unpaired) electrons. The molecule has 1 fully saturated rings. The molecule has 0 bridgehead atoms. The summed E-state index contributed by atoms with van der Waals surface area (Å²) in [5.41, 5.74) is 3.32. The molecule has 1 aliphatic heterocycles. The molecule has 4 rings (SSSR count). The van der Waals surface area contributed by atoms with E-state index >= 15 is 0 Å². The van der Waals surface area contributed by atoms with Crippen LogP contribution in [-0.2, 0) is 0 Å². The molecule has 6 heteroatoms. The van der Waals surface area contributed by atoms with Crippen LogP contribution in [0, 0.1) is 5.82 Å². The third kappa shape index (κ3) is 4.11. The maximum absolute atomic E-state index is 13.7. The third-order valence-electron chi connectivity index (χ3n) is 4.75. The van der Waals surface area contributed by atoms with E-state index in [2.05, 4.69) is 32.7 Å². The van der Waals surface area contributed by atoms with Gasteiger partial charge in [0.2, 0.25) is 0 Å². The zero-order chi connectivity index (χ0) is 19.3. The van der Waals surface area contributed by atoms with Crippen molar-refractivity contribution in [3.05, 3.63) is 78.4 Å². The van der Waals surface area contributed by atoms with Crippen LogP contribution in [0.25, 0.3) is 0 Å². The van der Waals surface area contributed by atoms with E-state index in [1.165, 1.54) is 30.7 Å². The van der Waals surface area contributed by atoms with Gasteiger partial charge in [-0.3, -0.25) is 4.79 Å². The van der Waals surface area contributed by atoms with Crippen molar-refractivity contribution in [2.45, 2.75) is 12.8 Å². The van der Waals surface area contributed by atoms with E-state index in [0.29, 0.717) is 0 Å². The average molecular weight is 376 g/mol. The molecule has 5 nitrogen and oxygen atoms in total. The van der Waals surface area contributed by atoms with Crippen LogP contribution in [0.2, 0.25) is 0 Å². The molecule has 1 aliphatic rings. The normalized spacial score (nSPS) is 13.4. The lowest BCUT2D eigenvalue weighted by atomic mass is 10.2. The first kappa shape index (κ1) is 18.0. The summed E-state index contributed by atoms with van der Waals surface area (Å²) in [6.07, 6.45) is 4.09. The predicted molar refractivity (Wildman–Crippen MR) is 110 cm³/mol. The Kier molecular flexibility index (Phi) is 5.19. The Balaban J connectivity index is 1.39. The fraction of sp³-hybridized carbons (Fsp3) is 0.182. The minimum atomic E-state index is -0.480. The number of para-hydroxylation sites is 1. The maximum atomic E-state index is 13.7. The molecule has 1 amide bonds. The minimum absolute atomic E-state index is 0.134. The quantitative estimate of drug-likeness (QED) is 0.670. The maximum Gasteiger partial charge on any atom is 0.274 e. The number of carbonyl (C=O) groups excluding carboxylic acids is 1. The van der Waals surface area contributed by atoms with Crippen molar-refractivity contribution in [1.82, 2.24) is 4.98 Å². The molecule has 28 heavy (non-hydrogen) atoms. The molecule has 2 N–H and O–H groups in total. The molecular formula is C22H21FN4O. The van der Waals surface area contributed by atoms with Gasteiger partial charge in [0.25, 0.3) is 5.91 Å². The lowest BCUT2D eigenvalue weighted by molar-refractivity contribution is 0.102. The van der Waals surface area contributed by atoms with Gasteiger partial charge in [-0.05, 0) is 61.4 Å². The monoisotopic (exact) mass is 376 g/mol. The Morgan fingerprint density at radius 1 is 0.929 bits per heavy atom. The van der Waals surface area contributed by atoms with Crippen LogP contribution in [0.4, 0.5) is 27.1 Å². The van der Waals surface area contributed by atoms with Crippen LogP contribution in [-0.4, -0.2) is 24.0 Å². The number of nitrogens with zero attached hydrogens (tertiary/aromatic N) is 2. The number of hydrogen-bond acceptors (Lipinski definition) is 4. The molecule has 0 unspecified atom stereocenters. The zero-order valence-corrected chi connectivity index (χ0v) is 15.4. The van der Waals surface area contributed by atoms with Gasteiger partial charge in [-0.2, -0.15) is 0 Å². The summed E-state index contributed by atoms with van der Waals surface area (Å²) in [6, 6.07) is 17.7. The highest BCUT2D eigenvalue weighted by Crippen LogP contribution is 2.24. The van der Waals surface area contributed by atoms with Gasteiger partial charge in [0, 0.05) is 24.5 Å². The predicted octanol–water partition coefficient (Wildman–Crippen LogP) is 4.82. The van der Waals surface area contributed by atoms with Crippen molar-refractivity contribution < 1.29 is 9.18 Å². The fourth-order valence-electron chi connectivity index (χ4n) is 3.25. The van der Waals surface area contributed by atoms with E-state index in [0.717, 1.165) is 24.5 Å². The number of carbonyl (C=O) groups is 1. The molecule has 1 aromatic heterocycles. The van der Waals surface area contributed by atoms with Crippen molar-refractivity contribution >= 4 is 28.7 Å². The number of rotatable bonds is 5. The Morgan fingerprint density at radius 2 is 1.64 bits per heavy atom. The van der Waals surface area contributed by atoms with Crippen molar-refractivity contribution in [3.63, 3.8) is 0 Å². The van der Waals surface area contributed by atoms with Crippen LogP contribution < -0.4 is 15.5 Å². The Labute approximate surface area is 163 Å². The fourth-order valence-corrected chi connectivity index (χ4v) is 3.25. The second kappa shape index (κ2) is 8.08. The van der Waals surface area contributed by atoms with Crippen molar-refractivity contribution in [3.8, 4) is 0 Å². The van der Waals surface area contributed by atoms with Crippen LogP contribution in [0.1, 0.15) is 23.3 Å². The number of halogens is 1. The summed E-state index contributed by atoms with van der Waals surface area (Å²) in [7, 11) is 0. The summed E-state index contributed by atoms with van der Waals surface area (Å²) in [5.74, 6) is -0.932. The minimum Gasteiger partial charge on any atom is -0.372 e. The standard InChI is InChI=1S/C22H21FN4O/c23-19-5-1-2-6-20(19)26-22(28)21-12-9-17(15-24-21)25-16-7-10-18(11-8-16)27-13-3-4-14-27/h1-2,5-12,15,25H,3-4,13-14H2,(H,26,28). The third-order valence-corrected chi connectivity index (χ3v) is 4.75. The lowest BCUT2D eigenvalue weighted by Gasteiger charge is -2.18. The highest BCUT2D eigenvalue weighted by atomic mass is 19.1. The van der Waals surface area contributed by atoms with Gasteiger partial charge in [-0.1, -0.05) is 12.1 Å². The highest BCUT2D eigenvalue weighted by molar-refractivity contribution is 6.03. The Hall–Kier alpha value is -3.41. The lowest BCUT2D eigenvalue weighted by Crippen LogP contribution is -2.17. The number of nitrogens with one attached hydrogen (secondary N) is 2. The average Bonchev–Trinajstić information content (AvgIpc) is 3.26. The topological polar surface area (TPSA) is 57.3 Å². The van der Waals surface area contributed by atoms with Crippen LogP contribution in [0.5, 0.6) is 0 Å². The van der Waals surface area contributed by atoms with Gasteiger partial charge in [-0.25, -0.2) is 9.37 Å². The van der Waals surface area contributed by atoms with Gasteiger partial charge >= 0.3 is 0 Å². The van der Waals surface area contributed by atoms with Crippen LogP contribution in [0.3, 0.4) is 0 Å². The smallest absolute Gasteiger partial charge is 0.274 e. The summed E-state index contributed by atoms with van der Waals surface area (Å²) >= 11 is 0. The first-order chi connectivity index (χ1) is 13.7. The molecule has 2 aromatic carbocycles. The molecule has 3 aromatic rings. The van der Waals surface area contributed by atoms with Crippen molar-refractivity contribution in [2.24, 2.45) is 0 Å². The largest absolute Gasteiger partial charge is 0.372 e. The molecule has 0 atom stereocenters. The van der Waals surface area contributed by atoms with E-state index in [1.807, 2.05) is 12.1 Å². The number of pyridine rings is 1. The molecule has 0 aliphatic carbocycles.